The number of hydrogen-bond acceptors (Lipinski definition) is 5. The summed E-state index contributed by atoms with van der Waals surface area (Å²) in [4.78, 5) is 12.6. The molecule has 0 aliphatic rings. The number of nitrogens with two attached hydrogens (primary N) is 2. The van der Waals surface area contributed by atoms with Crippen LogP contribution in [0.3, 0.4) is 0 Å². The van der Waals surface area contributed by atoms with Gasteiger partial charge < -0.3 is 16.2 Å². The van der Waals surface area contributed by atoms with Gasteiger partial charge in [0.25, 0.3) is 0 Å². The second kappa shape index (κ2) is 5.29. The second-order valence-corrected chi connectivity index (χ2v) is 5.47. The molecule has 0 aliphatic carbocycles. The lowest BCUT2D eigenvalue weighted by Gasteiger charge is -2.05. The van der Waals surface area contributed by atoms with Crippen LogP contribution in [-0.4, -0.2) is 5.97 Å². The van der Waals surface area contributed by atoms with Gasteiger partial charge >= 0.3 is 5.97 Å². The number of anilines is 2. The van der Waals surface area contributed by atoms with E-state index in [1.165, 1.54) is 23.5 Å². The van der Waals surface area contributed by atoms with Gasteiger partial charge in [0.15, 0.2) is 0 Å². The second-order valence-electron chi connectivity index (χ2n) is 3.67. The molecule has 1 heterocycles. The quantitative estimate of drug-likeness (QED) is 0.670. The Morgan fingerprint density at radius 3 is 2.44 bits per heavy atom. The zero-order valence-electron chi connectivity index (χ0n) is 9.35. The molecule has 94 valence electrons. The normalized spacial score (nSPS) is 10.3. The predicted octanol–water partition coefficient (Wildman–Crippen LogP) is 2.92. The molecule has 0 fully saturated rings. The SMILES string of the molecule is Nc1cc(N)cc(C(=O)OCc2ccc(Cl)s2)c1. The van der Waals surface area contributed by atoms with Crippen LogP contribution in [0, 0.1) is 0 Å². The Bertz CT molecular complexity index is 563. The third-order valence-electron chi connectivity index (χ3n) is 2.19. The van der Waals surface area contributed by atoms with E-state index in [0.717, 1.165) is 4.88 Å². The minimum atomic E-state index is -0.460. The molecule has 6 heteroatoms. The van der Waals surface area contributed by atoms with Crippen molar-refractivity contribution < 1.29 is 9.53 Å². The molecular weight excluding hydrogens is 272 g/mol. The molecule has 0 amide bonds. The Labute approximate surface area is 113 Å². The van der Waals surface area contributed by atoms with Crippen LogP contribution in [0.1, 0.15) is 15.2 Å². The van der Waals surface area contributed by atoms with Gasteiger partial charge in [-0.3, -0.25) is 0 Å². The maximum atomic E-state index is 11.8. The van der Waals surface area contributed by atoms with Crippen LogP contribution in [0.5, 0.6) is 0 Å². The van der Waals surface area contributed by atoms with Crippen molar-refractivity contribution >= 4 is 40.3 Å². The number of carbonyl (C=O) groups excluding carboxylic acids is 1. The molecule has 1 aromatic carbocycles. The van der Waals surface area contributed by atoms with Gasteiger partial charge in [-0.2, -0.15) is 0 Å². The number of rotatable bonds is 3. The Morgan fingerprint density at radius 1 is 1.22 bits per heavy atom. The molecule has 0 spiro atoms. The van der Waals surface area contributed by atoms with Gasteiger partial charge in [0.05, 0.1) is 9.90 Å². The van der Waals surface area contributed by atoms with E-state index in [-0.39, 0.29) is 6.61 Å². The van der Waals surface area contributed by atoms with E-state index in [0.29, 0.717) is 21.3 Å². The van der Waals surface area contributed by atoms with Crippen LogP contribution in [0.4, 0.5) is 11.4 Å². The van der Waals surface area contributed by atoms with Crippen molar-refractivity contribution in [2.75, 3.05) is 11.5 Å². The lowest BCUT2D eigenvalue weighted by atomic mass is 10.2. The largest absolute Gasteiger partial charge is 0.456 e. The Balaban J connectivity index is 2.03. The van der Waals surface area contributed by atoms with E-state index in [1.807, 2.05) is 6.07 Å². The van der Waals surface area contributed by atoms with Crippen molar-refractivity contribution in [3.63, 3.8) is 0 Å². The maximum Gasteiger partial charge on any atom is 0.338 e. The molecule has 0 radical (unpaired) electrons. The summed E-state index contributed by atoms with van der Waals surface area (Å²) in [7, 11) is 0. The Hall–Kier alpha value is -1.72. The molecular formula is C12H11ClN2O2S. The number of carbonyl (C=O) groups is 1. The molecule has 4 N–H and O–H groups in total. The number of thiophene rings is 1. The van der Waals surface area contributed by atoms with E-state index in [2.05, 4.69) is 0 Å². The summed E-state index contributed by atoms with van der Waals surface area (Å²) >= 11 is 7.15. The maximum absolute atomic E-state index is 11.8. The van der Waals surface area contributed by atoms with Gasteiger partial charge in [-0.25, -0.2) is 4.79 Å². The van der Waals surface area contributed by atoms with Gasteiger partial charge in [-0.05, 0) is 30.3 Å². The van der Waals surface area contributed by atoms with Gasteiger partial charge in [-0.1, -0.05) is 11.6 Å². The van der Waals surface area contributed by atoms with E-state index in [9.17, 15) is 4.79 Å². The van der Waals surface area contributed by atoms with E-state index >= 15 is 0 Å². The molecule has 18 heavy (non-hydrogen) atoms. The fourth-order valence-corrected chi connectivity index (χ4v) is 2.44. The number of ether oxygens (including phenoxy) is 1. The summed E-state index contributed by atoms with van der Waals surface area (Å²) < 4.78 is 5.80. The highest BCUT2D eigenvalue weighted by molar-refractivity contribution is 7.16. The van der Waals surface area contributed by atoms with E-state index < -0.39 is 5.97 Å². The number of nitrogen functional groups attached to an aromatic ring is 2. The number of esters is 1. The lowest BCUT2D eigenvalue weighted by molar-refractivity contribution is 0.0477. The molecule has 0 atom stereocenters. The topological polar surface area (TPSA) is 78.3 Å². The third kappa shape index (κ3) is 3.15. The van der Waals surface area contributed by atoms with Crippen molar-refractivity contribution in [2.45, 2.75) is 6.61 Å². The molecule has 2 aromatic rings. The highest BCUT2D eigenvalue weighted by Gasteiger charge is 2.09. The molecule has 0 saturated heterocycles. The summed E-state index contributed by atoms with van der Waals surface area (Å²) in [5.74, 6) is -0.460. The van der Waals surface area contributed by atoms with Crippen molar-refractivity contribution in [1.82, 2.24) is 0 Å². The number of halogens is 1. The summed E-state index contributed by atoms with van der Waals surface area (Å²) in [6.07, 6.45) is 0. The minimum Gasteiger partial charge on any atom is -0.456 e. The first-order valence-corrected chi connectivity index (χ1v) is 6.31. The molecule has 0 bridgehead atoms. The smallest absolute Gasteiger partial charge is 0.338 e. The van der Waals surface area contributed by atoms with Gasteiger partial charge in [-0.15, -0.1) is 11.3 Å². The van der Waals surface area contributed by atoms with Crippen molar-refractivity contribution in [3.8, 4) is 0 Å². The summed E-state index contributed by atoms with van der Waals surface area (Å²) in [5, 5.41) is 0. The Kier molecular flexibility index (Phi) is 3.74. The molecule has 0 unspecified atom stereocenters. The molecule has 0 aliphatic heterocycles. The first-order valence-electron chi connectivity index (χ1n) is 5.12. The predicted molar refractivity (Wildman–Crippen MR) is 73.7 cm³/mol. The minimum absolute atomic E-state index is 0.185. The molecule has 1 aromatic heterocycles. The van der Waals surface area contributed by atoms with E-state index in [1.54, 1.807) is 12.1 Å². The van der Waals surface area contributed by atoms with Crippen LogP contribution >= 0.6 is 22.9 Å². The summed E-state index contributed by atoms with van der Waals surface area (Å²) in [5.41, 5.74) is 12.4. The first-order chi connectivity index (χ1) is 8.54. The van der Waals surface area contributed by atoms with Crippen LogP contribution in [0.25, 0.3) is 0 Å². The van der Waals surface area contributed by atoms with Crippen LogP contribution < -0.4 is 11.5 Å². The number of hydrogen-bond donors (Lipinski definition) is 2. The highest BCUT2D eigenvalue weighted by atomic mass is 35.5. The van der Waals surface area contributed by atoms with Crippen molar-refractivity contribution in [3.05, 3.63) is 45.1 Å². The van der Waals surface area contributed by atoms with E-state index in [4.69, 9.17) is 27.8 Å². The zero-order chi connectivity index (χ0) is 13.1. The van der Waals surface area contributed by atoms with Crippen LogP contribution in [0.2, 0.25) is 4.34 Å². The average molecular weight is 283 g/mol. The fourth-order valence-electron chi connectivity index (χ4n) is 1.44. The zero-order valence-corrected chi connectivity index (χ0v) is 10.9. The van der Waals surface area contributed by atoms with Gasteiger partial charge in [0, 0.05) is 16.3 Å². The average Bonchev–Trinajstić information content (AvgIpc) is 2.70. The van der Waals surface area contributed by atoms with Gasteiger partial charge in [0.2, 0.25) is 0 Å². The molecule has 4 nitrogen and oxygen atoms in total. The fraction of sp³-hybridized carbons (Fsp3) is 0.0833. The summed E-state index contributed by atoms with van der Waals surface area (Å²) in [6, 6.07) is 8.21. The summed E-state index contributed by atoms with van der Waals surface area (Å²) in [6.45, 7) is 0.185. The van der Waals surface area contributed by atoms with Crippen LogP contribution in [0.15, 0.2) is 30.3 Å². The molecule has 0 saturated carbocycles. The van der Waals surface area contributed by atoms with Crippen molar-refractivity contribution in [1.29, 1.82) is 0 Å². The standard InChI is InChI=1S/C12H11ClN2O2S/c13-11-2-1-10(18-11)6-17-12(16)7-3-8(14)5-9(15)4-7/h1-5H,6,14-15H2. The Morgan fingerprint density at radius 2 is 1.89 bits per heavy atom. The molecule has 2 rings (SSSR count). The van der Waals surface area contributed by atoms with Crippen molar-refractivity contribution in [2.24, 2.45) is 0 Å². The first kappa shape index (κ1) is 12.7. The van der Waals surface area contributed by atoms with Crippen LogP contribution in [-0.2, 0) is 11.3 Å². The monoisotopic (exact) mass is 282 g/mol. The highest BCUT2D eigenvalue weighted by Crippen LogP contribution is 2.22. The number of benzene rings is 1. The van der Waals surface area contributed by atoms with Gasteiger partial charge in [0.1, 0.15) is 6.61 Å². The lowest BCUT2D eigenvalue weighted by Crippen LogP contribution is -2.06. The third-order valence-corrected chi connectivity index (χ3v) is 3.39.